The molecule has 0 aromatic heterocycles. The molecule has 0 aliphatic heterocycles. The summed E-state index contributed by atoms with van der Waals surface area (Å²) in [5, 5.41) is 10.4. The first-order chi connectivity index (χ1) is 9.90. The number of hydrogen-bond donors (Lipinski definition) is 1. The third-order valence-electron chi connectivity index (χ3n) is 4.52. The molecule has 0 saturated heterocycles. The highest BCUT2D eigenvalue weighted by atomic mass is 16.3. The lowest BCUT2D eigenvalue weighted by Gasteiger charge is -2.21. The van der Waals surface area contributed by atoms with E-state index < -0.39 is 0 Å². The van der Waals surface area contributed by atoms with E-state index in [0.717, 1.165) is 44.1 Å². The van der Waals surface area contributed by atoms with Gasteiger partial charge in [0.15, 0.2) is 0 Å². The van der Waals surface area contributed by atoms with Crippen molar-refractivity contribution in [2.45, 2.75) is 72.3 Å². The van der Waals surface area contributed by atoms with Gasteiger partial charge >= 0.3 is 0 Å². The Morgan fingerprint density at radius 1 is 1.05 bits per heavy atom. The first-order valence-corrected chi connectivity index (χ1v) is 8.21. The van der Waals surface area contributed by atoms with E-state index >= 15 is 0 Å². The Hall–Kier alpha value is -1.08. The zero-order valence-electron chi connectivity index (χ0n) is 14.3. The fraction of sp³-hybridized carbons (Fsp3) is 0.600. The molecule has 0 heterocycles. The molecule has 0 amide bonds. The molecule has 0 aromatic carbocycles. The van der Waals surface area contributed by atoms with Gasteiger partial charge in [0.05, 0.1) is 6.10 Å². The van der Waals surface area contributed by atoms with Crippen molar-refractivity contribution in [3.05, 3.63) is 47.1 Å². The van der Waals surface area contributed by atoms with Gasteiger partial charge in [0, 0.05) is 0 Å². The molecule has 0 unspecified atom stereocenters. The molecule has 2 atom stereocenters. The van der Waals surface area contributed by atoms with Crippen molar-refractivity contribution in [2.24, 2.45) is 5.92 Å². The number of aliphatic hydroxyl groups excluding tert-OH is 1. The Morgan fingerprint density at radius 2 is 1.62 bits per heavy atom. The van der Waals surface area contributed by atoms with Crippen molar-refractivity contribution >= 4 is 0 Å². The van der Waals surface area contributed by atoms with Crippen LogP contribution in [0.4, 0.5) is 0 Å². The molecule has 0 saturated carbocycles. The minimum Gasteiger partial charge on any atom is -0.389 e. The first kappa shape index (κ1) is 18.0. The van der Waals surface area contributed by atoms with Gasteiger partial charge in [0.25, 0.3) is 0 Å². The molecular formula is C20H32O. The fourth-order valence-electron chi connectivity index (χ4n) is 2.71. The van der Waals surface area contributed by atoms with Crippen LogP contribution < -0.4 is 0 Å². The zero-order valence-corrected chi connectivity index (χ0v) is 14.3. The molecule has 0 aromatic rings. The predicted molar refractivity (Wildman–Crippen MR) is 93.3 cm³/mol. The van der Waals surface area contributed by atoms with Crippen LogP contribution in [0.1, 0.15) is 66.2 Å². The number of rotatable bonds is 1. The average molecular weight is 288 g/mol. The number of allylic oxidation sites excluding steroid dienone is 6. The molecule has 21 heavy (non-hydrogen) atoms. The van der Waals surface area contributed by atoms with Crippen molar-refractivity contribution in [3.8, 4) is 0 Å². The van der Waals surface area contributed by atoms with Crippen LogP contribution in [0.3, 0.4) is 0 Å². The second-order valence-electron chi connectivity index (χ2n) is 6.66. The molecule has 1 aliphatic rings. The second kappa shape index (κ2) is 9.04. The fourth-order valence-corrected chi connectivity index (χ4v) is 2.71. The minimum absolute atomic E-state index is 0.340. The van der Waals surface area contributed by atoms with Gasteiger partial charge in [0.2, 0.25) is 0 Å². The van der Waals surface area contributed by atoms with Crippen molar-refractivity contribution in [2.75, 3.05) is 0 Å². The van der Waals surface area contributed by atoms with Crippen LogP contribution in [-0.4, -0.2) is 11.2 Å². The normalized spacial score (nSPS) is 31.2. The van der Waals surface area contributed by atoms with Crippen molar-refractivity contribution in [1.82, 2.24) is 0 Å². The summed E-state index contributed by atoms with van der Waals surface area (Å²) >= 11 is 0. The van der Waals surface area contributed by atoms with Gasteiger partial charge in [-0.15, -0.1) is 0 Å². The molecule has 0 radical (unpaired) electrons. The van der Waals surface area contributed by atoms with E-state index in [2.05, 4.69) is 45.6 Å². The van der Waals surface area contributed by atoms with E-state index in [9.17, 15) is 5.11 Å². The number of aliphatic hydroxyl groups is 1. The highest BCUT2D eigenvalue weighted by molar-refractivity contribution is 5.12. The Bertz CT molecular complexity index is 437. The van der Waals surface area contributed by atoms with Crippen LogP contribution in [0.25, 0.3) is 0 Å². The molecule has 0 spiro atoms. The second-order valence-corrected chi connectivity index (χ2v) is 6.66. The third-order valence-corrected chi connectivity index (χ3v) is 4.52. The molecule has 1 nitrogen and oxygen atoms in total. The lowest BCUT2D eigenvalue weighted by atomic mass is 9.88. The first-order valence-electron chi connectivity index (χ1n) is 8.21. The molecule has 1 aliphatic carbocycles. The van der Waals surface area contributed by atoms with Crippen LogP contribution in [-0.2, 0) is 0 Å². The highest BCUT2D eigenvalue weighted by Crippen LogP contribution is 2.25. The Labute approximate surface area is 131 Å². The molecule has 1 rings (SSSR count). The maximum absolute atomic E-state index is 10.4. The summed E-state index contributed by atoms with van der Waals surface area (Å²) in [7, 11) is 0. The lowest BCUT2D eigenvalue weighted by molar-refractivity contribution is 0.182. The summed E-state index contributed by atoms with van der Waals surface area (Å²) in [4.78, 5) is 0. The summed E-state index contributed by atoms with van der Waals surface area (Å²) in [6, 6.07) is 0. The van der Waals surface area contributed by atoms with E-state index in [-0.39, 0.29) is 6.10 Å². The Morgan fingerprint density at radius 3 is 2.24 bits per heavy atom. The molecular weight excluding hydrogens is 256 g/mol. The van der Waals surface area contributed by atoms with Gasteiger partial charge in [-0.3, -0.25) is 0 Å². The van der Waals surface area contributed by atoms with Crippen molar-refractivity contribution in [1.29, 1.82) is 0 Å². The van der Waals surface area contributed by atoms with Gasteiger partial charge in [0.1, 0.15) is 0 Å². The monoisotopic (exact) mass is 288 g/mol. The maximum Gasteiger partial charge on any atom is 0.0753 e. The Balaban J connectivity index is 2.89. The van der Waals surface area contributed by atoms with Gasteiger partial charge in [-0.1, -0.05) is 41.5 Å². The summed E-state index contributed by atoms with van der Waals surface area (Å²) in [6.07, 6.45) is 12.7. The number of hydrogen-bond acceptors (Lipinski definition) is 1. The van der Waals surface area contributed by atoms with Crippen LogP contribution >= 0.6 is 0 Å². The SMILES string of the molecule is C=C(C)[C@H]1CC=C(C)CC/C=C(\C)CC/C=C(\C)[C@@H](O)C1. The van der Waals surface area contributed by atoms with Gasteiger partial charge in [-0.25, -0.2) is 0 Å². The summed E-state index contributed by atoms with van der Waals surface area (Å²) in [6.45, 7) is 12.7. The smallest absolute Gasteiger partial charge is 0.0753 e. The zero-order chi connectivity index (χ0) is 15.8. The van der Waals surface area contributed by atoms with Crippen molar-refractivity contribution < 1.29 is 5.11 Å². The van der Waals surface area contributed by atoms with E-state index in [1.807, 2.05) is 6.92 Å². The molecule has 1 N–H and O–H groups in total. The van der Waals surface area contributed by atoms with Crippen LogP contribution in [0, 0.1) is 5.92 Å². The molecule has 1 heteroatoms. The maximum atomic E-state index is 10.4. The quantitative estimate of drug-likeness (QED) is 0.611. The highest BCUT2D eigenvalue weighted by Gasteiger charge is 2.15. The van der Waals surface area contributed by atoms with Gasteiger partial charge in [-0.2, -0.15) is 0 Å². The summed E-state index contributed by atoms with van der Waals surface area (Å²) in [5.74, 6) is 0.374. The van der Waals surface area contributed by atoms with Gasteiger partial charge < -0.3 is 5.11 Å². The van der Waals surface area contributed by atoms with Crippen molar-refractivity contribution in [3.63, 3.8) is 0 Å². The standard InChI is InChI=1S/C20H32O/c1-15(2)19-13-12-17(4)9-6-8-16(3)10-7-11-18(5)20(21)14-19/h8,11-12,19-21H,1,6-7,9-10,13-14H2,2-5H3/b16-8+,17-12?,18-11+/t19-,20-/m0/s1. The van der Waals surface area contributed by atoms with Crippen LogP contribution in [0.2, 0.25) is 0 Å². The summed E-state index contributed by atoms with van der Waals surface area (Å²) in [5.41, 5.74) is 5.18. The van der Waals surface area contributed by atoms with E-state index in [1.165, 1.54) is 16.7 Å². The lowest BCUT2D eigenvalue weighted by Crippen LogP contribution is -2.15. The average Bonchev–Trinajstić information content (AvgIpc) is 2.41. The summed E-state index contributed by atoms with van der Waals surface area (Å²) < 4.78 is 0. The van der Waals surface area contributed by atoms with E-state index in [4.69, 9.17) is 0 Å². The largest absolute Gasteiger partial charge is 0.389 e. The molecule has 118 valence electrons. The topological polar surface area (TPSA) is 20.2 Å². The third kappa shape index (κ3) is 6.95. The molecule has 0 bridgehead atoms. The van der Waals surface area contributed by atoms with E-state index in [0.29, 0.717) is 5.92 Å². The predicted octanol–water partition coefficient (Wildman–Crippen LogP) is 5.73. The Kier molecular flexibility index (Phi) is 7.74. The molecule has 0 fully saturated rings. The van der Waals surface area contributed by atoms with E-state index in [1.54, 1.807) is 0 Å². The van der Waals surface area contributed by atoms with Crippen LogP contribution in [0.15, 0.2) is 47.1 Å². The van der Waals surface area contributed by atoms with Crippen LogP contribution in [0.5, 0.6) is 0 Å². The van der Waals surface area contributed by atoms with Gasteiger partial charge in [-0.05, 0) is 77.7 Å². The minimum atomic E-state index is -0.340.